The van der Waals surface area contributed by atoms with E-state index >= 15 is 0 Å². The van der Waals surface area contributed by atoms with Crippen LogP contribution in [0.1, 0.15) is 18.1 Å². The normalized spacial score (nSPS) is 11.2. The summed E-state index contributed by atoms with van der Waals surface area (Å²) in [6.45, 7) is 2.81. The standard InChI is InChI=1S/C14H12Cl2N4/c1-2-9-3-5-10(6-4-9)7-20-8-17-11-12(15)18-14(16)19-13(11)20/h3-6,8H,2,7H2,1H3. The Bertz CT molecular complexity index is 750. The summed E-state index contributed by atoms with van der Waals surface area (Å²) in [4.78, 5) is 12.3. The van der Waals surface area contributed by atoms with E-state index in [2.05, 4.69) is 46.1 Å². The molecule has 0 aliphatic carbocycles. The molecular weight excluding hydrogens is 295 g/mol. The summed E-state index contributed by atoms with van der Waals surface area (Å²) in [7, 11) is 0. The van der Waals surface area contributed by atoms with E-state index in [0.29, 0.717) is 17.7 Å². The van der Waals surface area contributed by atoms with Gasteiger partial charge in [-0.05, 0) is 29.1 Å². The van der Waals surface area contributed by atoms with Crippen molar-refractivity contribution < 1.29 is 0 Å². The number of halogens is 2. The second-order valence-corrected chi connectivity index (χ2v) is 5.19. The number of rotatable bonds is 3. The highest BCUT2D eigenvalue weighted by atomic mass is 35.5. The monoisotopic (exact) mass is 306 g/mol. The molecule has 3 aromatic rings. The molecular formula is C14H12Cl2N4. The lowest BCUT2D eigenvalue weighted by atomic mass is 10.1. The first-order valence-corrected chi connectivity index (χ1v) is 7.04. The van der Waals surface area contributed by atoms with Crippen molar-refractivity contribution in [2.45, 2.75) is 19.9 Å². The zero-order chi connectivity index (χ0) is 14.1. The Labute approximate surface area is 126 Å². The molecule has 2 heterocycles. The molecule has 4 nitrogen and oxygen atoms in total. The fourth-order valence-electron chi connectivity index (χ4n) is 2.08. The van der Waals surface area contributed by atoms with Crippen molar-refractivity contribution in [3.05, 3.63) is 52.2 Å². The molecule has 6 heteroatoms. The number of nitrogens with zero attached hydrogens (tertiary/aromatic N) is 4. The summed E-state index contributed by atoms with van der Waals surface area (Å²) in [5.74, 6) is 0. The van der Waals surface area contributed by atoms with Crippen molar-refractivity contribution in [2.75, 3.05) is 0 Å². The van der Waals surface area contributed by atoms with E-state index in [1.54, 1.807) is 6.33 Å². The molecule has 0 bridgehead atoms. The Balaban J connectivity index is 1.97. The van der Waals surface area contributed by atoms with Crippen LogP contribution in [-0.4, -0.2) is 19.5 Å². The first-order valence-electron chi connectivity index (χ1n) is 6.29. The van der Waals surface area contributed by atoms with E-state index in [4.69, 9.17) is 23.2 Å². The van der Waals surface area contributed by atoms with E-state index in [1.807, 2.05) is 4.57 Å². The Morgan fingerprint density at radius 1 is 1.05 bits per heavy atom. The summed E-state index contributed by atoms with van der Waals surface area (Å²) in [5, 5.41) is 0.408. The van der Waals surface area contributed by atoms with Gasteiger partial charge < -0.3 is 4.57 Å². The van der Waals surface area contributed by atoms with Crippen molar-refractivity contribution >= 4 is 34.4 Å². The maximum Gasteiger partial charge on any atom is 0.225 e. The maximum atomic E-state index is 6.01. The summed E-state index contributed by atoms with van der Waals surface area (Å²) < 4.78 is 1.91. The van der Waals surface area contributed by atoms with Gasteiger partial charge in [0, 0.05) is 0 Å². The van der Waals surface area contributed by atoms with E-state index in [1.165, 1.54) is 11.1 Å². The average Bonchev–Trinajstić information content (AvgIpc) is 2.83. The van der Waals surface area contributed by atoms with Gasteiger partial charge in [-0.15, -0.1) is 0 Å². The van der Waals surface area contributed by atoms with Crippen LogP contribution in [0.25, 0.3) is 11.2 Å². The van der Waals surface area contributed by atoms with Gasteiger partial charge >= 0.3 is 0 Å². The third-order valence-electron chi connectivity index (χ3n) is 3.18. The van der Waals surface area contributed by atoms with Gasteiger partial charge in [-0.1, -0.05) is 42.8 Å². The Kier molecular flexibility index (Phi) is 3.59. The highest BCUT2D eigenvalue weighted by Crippen LogP contribution is 2.21. The topological polar surface area (TPSA) is 43.6 Å². The molecule has 102 valence electrons. The molecule has 0 atom stereocenters. The second-order valence-electron chi connectivity index (χ2n) is 4.50. The number of hydrogen-bond acceptors (Lipinski definition) is 3. The van der Waals surface area contributed by atoms with Gasteiger partial charge in [0.2, 0.25) is 5.28 Å². The fourth-order valence-corrected chi connectivity index (χ4v) is 2.50. The number of hydrogen-bond donors (Lipinski definition) is 0. The van der Waals surface area contributed by atoms with Crippen LogP contribution in [0.4, 0.5) is 0 Å². The molecule has 0 aliphatic rings. The number of imidazole rings is 1. The molecule has 0 fully saturated rings. The highest BCUT2D eigenvalue weighted by Gasteiger charge is 2.11. The third-order valence-corrected chi connectivity index (χ3v) is 3.61. The van der Waals surface area contributed by atoms with E-state index in [9.17, 15) is 0 Å². The highest BCUT2D eigenvalue weighted by molar-refractivity contribution is 6.35. The minimum atomic E-state index is 0.130. The summed E-state index contributed by atoms with van der Waals surface area (Å²) in [6, 6.07) is 8.47. The van der Waals surface area contributed by atoms with Crippen LogP contribution in [0, 0.1) is 0 Å². The zero-order valence-corrected chi connectivity index (χ0v) is 12.4. The quantitative estimate of drug-likeness (QED) is 0.547. The predicted octanol–water partition coefficient (Wildman–Crippen LogP) is 3.74. The average molecular weight is 307 g/mol. The number of fused-ring (bicyclic) bond motifs is 1. The molecule has 3 rings (SSSR count). The summed E-state index contributed by atoms with van der Waals surface area (Å²) in [5.41, 5.74) is 3.71. The maximum absolute atomic E-state index is 6.01. The second kappa shape index (κ2) is 5.38. The van der Waals surface area contributed by atoms with Crippen LogP contribution in [0.5, 0.6) is 0 Å². The molecule has 0 saturated heterocycles. The van der Waals surface area contributed by atoms with Crippen LogP contribution in [-0.2, 0) is 13.0 Å². The van der Waals surface area contributed by atoms with Gasteiger partial charge in [0.15, 0.2) is 10.8 Å². The molecule has 0 radical (unpaired) electrons. The van der Waals surface area contributed by atoms with Crippen LogP contribution < -0.4 is 0 Å². The zero-order valence-electron chi connectivity index (χ0n) is 10.8. The van der Waals surface area contributed by atoms with Gasteiger partial charge in [-0.25, -0.2) is 9.97 Å². The van der Waals surface area contributed by atoms with Crippen LogP contribution >= 0.6 is 23.2 Å². The summed E-state index contributed by atoms with van der Waals surface area (Å²) in [6.07, 6.45) is 2.74. The molecule has 0 amide bonds. The van der Waals surface area contributed by atoms with Gasteiger partial charge in [-0.3, -0.25) is 0 Å². The van der Waals surface area contributed by atoms with Crippen molar-refractivity contribution in [2.24, 2.45) is 0 Å². The van der Waals surface area contributed by atoms with Crippen molar-refractivity contribution in [1.29, 1.82) is 0 Å². The van der Waals surface area contributed by atoms with Gasteiger partial charge in [0.05, 0.1) is 12.9 Å². The van der Waals surface area contributed by atoms with Gasteiger partial charge in [-0.2, -0.15) is 4.98 Å². The first kappa shape index (κ1) is 13.3. The fraction of sp³-hybridized carbons (Fsp3) is 0.214. The smallest absolute Gasteiger partial charge is 0.225 e. The lowest BCUT2D eigenvalue weighted by Crippen LogP contribution is -2.00. The van der Waals surface area contributed by atoms with Gasteiger partial charge in [0.25, 0.3) is 0 Å². The molecule has 1 aromatic carbocycles. The molecule has 0 aliphatic heterocycles. The molecule has 0 saturated carbocycles. The summed E-state index contributed by atoms with van der Waals surface area (Å²) >= 11 is 11.9. The van der Waals surface area contributed by atoms with E-state index < -0.39 is 0 Å². The van der Waals surface area contributed by atoms with E-state index in [-0.39, 0.29) is 10.4 Å². The van der Waals surface area contributed by atoms with Crippen molar-refractivity contribution in [3.8, 4) is 0 Å². The molecule has 2 aromatic heterocycles. The first-order chi connectivity index (χ1) is 9.67. The number of benzene rings is 1. The van der Waals surface area contributed by atoms with Crippen molar-refractivity contribution in [3.63, 3.8) is 0 Å². The third kappa shape index (κ3) is 2.49. The van der Waals surface area contributed by atoms with Crippen LogP contribution in [0.15, 0.2) is 30.6 Å². The Hall–Kier alpha value is -1.65. The molecule has 0 spiro atoms. The lowest BCUT2D eigenvalue weighted by Gasteiger charge is -2.05. The minimum Gasteiger partial charge on any atom is -0.311 e. The predicted molar refractivity (Wildman–Crippen MR) is 80.3 cm³/mol. The molecule has 0 unspecified atom stereocenters. The van der Waals surface area contributed by atoms with Crippen LogP contribution in [0.3, 0.4) is 0 Å². The number of aryl methyl sites for hydroxylation is 1. The number of aromatic nitrogens is 4. The molecule has 20 heavy (non-hydrogen) atoms. The van der Waals surface area contributed by atoms with E-state index in [0.717, 1.165) is 6.42 Å². The molecule has 0 N–H and O–H groups in total. The van der Waals surface area contributed by atoms with Crippen LogP contribution in [0.2, 0.25) is 10.4 Å². The van der Waals surface area contributed by atoms with Gasteiger partial charge in [0.1, 0.15) is 5.52 Å². The minimum absolute atomic E-state index is 0.130. The Morgan fingerprint density at radius 3 is 2.45 bits per heavy atom. The Morgan fingerprint density at radius 2 is 1.75 bits per heavy atom. The van der Waals surface area contributed by atoms with Crippen molar-refractivity contribution in [1.82, 2.24) is 19.5 Å². The SMILES string of the molecule is CCc1ccc(Cn2cnc3c(Cl)nc(Cl)nc32)cc1. The lowest BCUT2D eigenvalue weighted by molar-refractivity contribution is 0.812. The largest absolute Gasteiger partial charge is 0.311 e.